The van der Waals surface area contributed by atoms with Crippen molar-refractivity contribution in [2.75, 3.05) is 5.32 Å². The number of aryl methyl sites for hydroxylation is 3. The Kier molecular flexibility index (Phi) is 4.32. The van der Waals surface area contributed by atoms with Crippen molar-refractivity contribution in [2.24, 2.45) is 0 Å². The molecule has 21 heavy (non-hydrogen) atoms. The van der Waals surface area contributed by atoms with E-state index < -0.39 is 5.97 Å². The average molecular weight is 288 g/mol. The van der Waals surface area contributed by atoms with Crippen molar-refractivity contribution >= 4 is 17.6 Å². The molecule has 0 saturated heterocycles. The minimum Gasteiger partial charge on any atom is -0.478 e. The summed E-state index contributed by atoms with van der Waals surface area (Å²) in [6.07, 6.45) is 2.89. The van der Waals surface area contributed by atoms with E-state index in [9.17, 15) is 9.59 Å². The Balaban J connectivity index is 1.94. The zero-order valence-electron chi connectivity index (χ0n) is 11.8. The van der Waals surface area contributed by atoms with Gasteiger partial charge in [-0.05, 0) is 26.0 Å². The Bertz CT molecular complexity index is 679. The molecule has 0 fully saturated rings. The smallest absolute Gasteiger partial charge is 0.337 e. The molecule has 2 N–H and O–H groups in total. The van der Waals surface area contributed by atoms with Crippen LogP contribution < -0.4 is 5.32 Å². The third-order valence-electron chi connectivity index (χ3n) is 2.92. The summed E-state index contributed by atoms with van der Waals surface area (Å²) in [6.45, 7) is 4.29. The Morgan fingerprint density at radius 1 is 1.29 bits per heavy atom. The molecule has 0 unspecified atom stereocenters. The molecule has 0 aliphatic carbocycles. The van der Waals surface area contributed by atoms with E-state index >= 15 is 0 Å². The van der Waals surface area contributed by atoms with Crippen molar-refractivity contribution in [3.8, 4) is 0 Å². The molecule has 2 aromatic rings. The minimum absolute atomic E-state index is 0.0337. The Morgan fingerprint density at radius 2 is 2.05 bits per heavy atom. The molecule has 2 rings (SSSR count). The lowest BCUT2D eigenvalue weighted by molar-refractivity contribution is -0.116. The van der Waals surface area contributed by atoms with Gasteiger partial charge in [0.1, 0.15) is 0 Å². The standard InChI is InChI=1S/C14H16N4O3/c1-9-5-10(2)18(17-9)4-3-13(19)16-12-6-11(14(20)21)7-15-8-12/h5-8H,3-4H2,1-2H3,(H,16,19)(H,20,21). The average Bonchev–Trinajstić information content (AvgIpc) is 2.75. The van der Waals surface area contributed by atoms with Gasteiger partial charge in [-0.2, -0.15) is 5.10 Å². The summed E-state index contributed by atoms with van der Waals surface area (Å²) < 4.78 is 1.76. The van der Waals surface area contributed by atoms with Gasteiger partial charge < -0.3 is 10.4 Å². The highest BCUT2D eigenvalue weighted by molar-refractivity contribution is 5.93. The van der Waals surface area contributed by atoms with Crippen LogP contribution in [0.3, 0.4) is 0 Å². The second-order valence-corrected chi connectivity index (χ2v) is 4.72. The second kappa shape index (κ2) is 6.17. The first-order valence-electron chi connectivity index (χ1n) is 6.45. The molecule has 0 spiro atoms. The van der Waals surface area contributed by atoms with E-state index in [-0.39, 0.29) is 17.9 Å². The molecule has 0 bridgehead atoms. The van der Waals surface area contributed by atoms with Crippen LogP contribution in [0.1, 0.15) is 28.2 Å². The summed E-state index contributed by atoms with van der Waals surface area (Å²) in [5.41, 5.74) is 2.31. The fraction of sp³-hybridized carbons (Fsp3) is 0.286. The number of nitrogens with one attached hydrogen (secondary N) is 1. The fourth-order valence-electron chi connectivity index (χ4n) is 1.96. The highest BCUT2D eigenvalue weighted by atomic mass is 16.4. The Hall–Kier alpha value is -2.70. The van der Waals surface area contributed by atoms with Gasteiger partial charge in [0.15, 0.2) is 0 Å². The Labute approximate surface area is 121 Å². The number of rotatable bonds is 5. The van der Waals surface area contributed by atoms with E-state index in [1.165, 1.54) is 18.5 Å². The first-order valence-corrected chi connectivity index (χ1v) is 6.45. The molecule has 0 atom stereocenters. The van der Waals surface area contributed by atoms with E-state index in [4.69, 9.17) is 5.11 Å². The molecule has 0 radical (unpaired) electrons. The van der Waals surface area contributed by atoms with Gasteiger partial charge in [-0.15, -0.1) is 0 Å². The van der Waals surface area contributed by atoms with Crippen LogP contribution in [-0.2, 0) is 11.3 Å². The molecule has 110 valence electrons. The molecule has 0 aliphatic rings. The minimum atomic E-state index is -1.08. The number of pyridine rings is 1. The van der Waals surface area contributed by atoms with Crippen LogP contribution in [-0.4, -0.2) is 31.7 Å². The second-order valence-electron chi connectivity index (χ2n) is 4.72. The first-order chi connectivity index (χ1) is 9.95. The molecule has 2 aromatic heterocycles. The number of carbonyl (C=O) groups is 2. The number of hydrogen-bond donors (Lipinski definition) is 2. The maximum absolute atomic E-state index is 11.9. The van der Waals surface area contributed by atoms with Gasteiger partial charge in [-0.3, -0.25) is 14.5 Å². The van der Waals surface area contributed by atoms with Gasteiger partial charge in [-0.1, -0.05) is 0 Å². The van der Waals surface area contributed by atoms with Gasteiger partial charge in [0, 0.05) is 24.9 Å². The molecule has 0 saturated carbocycles. The lowest BCUT2D eigenvalue weighted by Gasteiger charge is -2.07. The number of aromatic carboxylic acids is 1. The number of amides is 1. The van der Waals surface area contributed by atoms with Crippen LogP contribution in [0.4, 0.5) is 5.69 Å². The molecule has 7 nitrogen and oxygen atoms in total. The molecule has 1 amide bonds. The monoisotopic (exact) mass is 288 g/mol. The number of carboxylic acid groups (broad SMARTS) is 1. The number of hydrogen-bond acceptors (Lipinski definition) is 4. The van der Waals surface area contributed by atoms with Gasteiger partial charge in [-0.25, -0.2) is 4.79 Å². The maximum Gasteiger partial charge on any atom is 0.337 e. The molecular formula is C14H16N4O3. The highest BCUT2D eigenvalue weighted by Gasteiger charge is 2.08. The predicted octanol–water partition coefficient (Wildman–Crippen LogP) is 1.62. The SMILES string of the molecule is Cc1cc(C)n(CCC(=O)Nc2cncc(C(=O)O)c2)n1. The van der Waals surface area contributed by atoms with E-state index in [0.717, 1.165) is 11.4 Å². The van der Waals surface area contributed by atoms with Crippen molar-refractivity contribution in [1.29, 1.82) is 0 Å². The van der Waals surface area contributed by atoms with Crippen molar-refractivity contribution in [2.45, 2.75) is 26.8 Å². The topological polar surface area (TPSA) is 97.1 Å². The van der Waals surface area contributed by atoms with Crippen molar-refractivity contribution in [3.05, 3.63) is 41.5 Å². The first kappa shape index (κ1) is 14.7. The van der Waals surface area contributed by atoms with Crippen molar-refractivity contribution in [1.82, 2.24) is 14.8 Å². The van der Waals surface area contributed by atoms with Crippen LogP contribution in [0.2, 0.25) is 0 Å². The Morgan fingerprint density at radius 3 is 2.67 bits per heavy atom. The molecule has 7 heteroatoms. The fourth-order valence-corrected chi connectivity index (χ4v) is 1.96. The van der Waals surface area contributed by atoms with E-state index in [0.29, 0.717) is 12.2 Å². The molecule has 0 aliphatic heterocycles. The summed E-state index contributed by atoms with van der Waals surface area (Å²) >= 11 is 0. The molecule has 0 aromatic carbocycles. The summed E-state index contributed by atoms with van der Waals surface area (Å²) in [5, 5.41) is 15.8. The summed E-state index contributed by atoms with van der Waals surface area (Å²) in [4.78, 5) is 26.5. The summed E-state index contributed by atoms with van der Waals surface area (Å²) in [5.74, 6) is -1.30. The highest BCUT2D eigenvalue weighted by Crippen LogP contribution is 2.09. The van der Waals surface area contributed by atoms with Gasteiger partial charge in [0.2, 0.25) is 5.91 Å². The van der Waals surface area contributed by atoms with Crippen molar-refractivity contribution in [3.63, 3.8) is 0 Å². The normalized spacial score (nSPS) is 10.4. The number of aromatic nitrogens is 3. The maximum atomic E-state index is 11.9. The number of anilines is 1. The van der Waals surface area contributed by atoms with E-state index in [1.54, 1.807) is 4.68 Å². The third-order valence-corrected chi connectivity index (χ3v) is 2.92. The van der Waals surface area contributed by atoms with Gasteiger partial charge in [0.25, 0.3) is 0 Å². The van der Waals surface area contributed by atoms with Crippen LogP contribution in [0.15, 0.2) is 24.5 Å². The number of carbonyl (C=O) groups excluding carboxylic acids is 1. The van der Waals surface area contributed by atoms with E-state index in [1.807, 2.05) is 19.9 Å². The quantitative estimate of drug-likeness (QED) is 0.871. The van der Waals surface area contributed by atoms with Gasteiger partial charge in [0.05, 0.1) is 23.1 Å². The van der Waals surface area contributed by atoms with Crippen LogP contribution >= 0.6 is 0 Å². The number of nitrogens with zero attached hydrogens (tertiary/aromatic N) is 3. The zero-order chi connectivity index (χ0) is 15.4. The summed E-state index contributed by atoms with van der Waals surface area (Å²) in [6, 6.07) is 3.31. The molecule has 2 heterocycles. The lowest BCUT2D eigenvalue weighted by atomic mass is 10.2. The van der Waals surface area contributed by atoms with Crippen LogP contribution in [0.5, 0.6) is 0 Å². The third kappa shape index (κ3) is 3.88. The van der Waals surface area contributed by atoms with E-state index in [2.05, 4.69) is 15.4 Å². The summed E-state index contributed by atoms with van der Waals surface area (Å²) in [7, 11) is 0. The number of carboxylic acids is 1. The molecular weight excluding hydrogens is 272 g/mol. The largest absolute Gasteiger partial charge is 0.478 e. The zero-order valence-corrected chi connectivity index (χ0v) is 11.8. The van der Waals surface area contributed by atoms with Gasteiger partial charge >= 0.3 is 5.97 Å². The van der Waals surface area contributed by atoms with Crippen LogP contribution in [0.25, 0.3) is 0 Å². The predicted molar refractivity (Wildman–Crippen MR) is 76.1 cm³/mol. The van der Waals surface area contributed by atoms with Crippen LogP contribution in [0, 0.1) is 13.8 Å². The van der Waals surface area contributed by atoms with Crippen molar-refractivity contribution < 1.29 is 14.7 Å². The lowest BCUT2D eigenvalue weighted by Crippen LogP contribution is -2.16.